The van der Waals surface area contributed by atoms with Crippen molar-refractivity contribution in [1.82, 2.24) is 9.80 Å². The van der Waals surface area contributed by atoms with Crippen molar-refractivity contribution in [1.29, 1.82) is 0 Å². The van der Waals surface area contributed by atoms with Gasteiger partial charge in [0.15, 0.2) is 0 Å². The van der Waals surface area contributed by atoms with Crippen molar-refractivity contribution in [3.8, 4) is 0 Å². The van der Waals surface area contributed by atoms with Crippen LogP contribution in [0.4, 0.5) is 10.1 Å². The fraction of sp³-hybridized carbons (Fsp3) is 0.632. The molecule has 134 valence electrons. The van der Waals surface area contributed by atoms with Crippen LogP contribution in [0, 0.1) is 5.82 Å². The van der Waals surface area contributed by atoms with Crippen molar-refractivity contribution in [3.05, 3.63) is 30.1 Å². The van der Waals surface area contributed by atoms with Gasteiger partial charge in [0, 0.05) is 57.9 Å². The van der Waals surface area contributed by atoms with E-state index in [-0.39, 0.29) is 11.7 Å². The summed E-state index contributed by atoms with van der Waals surface area (Å²) in [5, 5.41) is 0. The summed E-state index contributed by atoms with van der Waals surface area (Å²) in [5.74, 6) is 0.0827. The molecule has 1 saturated heterocycles. The van der Waals surface area contributed by atoms with Crippen LogP contribution in [0.25, 0.3) is 0 Å². The van der Waals surface area contributed by atoms with Crippen LogP contribution in [0.5, 0.6) is 0 Å². The van der Waals surface area contributed by atoms with Crippen LogP contribution in [0.15, 0.2) is 24.3 Å². The maximum atomic E-state index is 13.0. The number of piperazine rings is 1. The van der Waals surface area contributed by atoms with E-state index in [0.29, 0.717) is 6.42 Å². The Morgan fingerprint density at radius 1 is 1.04 bits per heavy atom. The van der Waals surface area contributed by atoms with Crippen LogP contribution in [-0.4, -0.2) is 61.5 Å². The summed E-state index contributed by atoms with van der Waals surface area (Å²) in [7, 11) is 0. The molecule has 2 rings (SSSR count). The summed E-state index contributed by atoms with van der Waals surface area (Å²) in [6, 6.07) is 6.69. The van der Waals surface area contributed by atoms with Crippen molar-refractivity contribution in [3.63, 3.8) is 0 Å². The Morgan fingerprint density at radius 2 is 1.62 bits per heavy atom. The Bertz CT molecular complexity index is 492. The van der Waals surface area contributed by atoms with Gasteiger partial charge in [-0.25, -0.2) is 4.39 Å². The normalized spacial score (nSPS) is 15.5. The molecule has 24 heavy (non-hydrogen) atoms. The fourth-order valence-corrected chi connectivity index (χ4v) is 3.19. The Hall–Kier alpha value is -1.62. The summed E-state index contributed by atoms with van der Waals surface area (Å²) in [5.41, 5.74) is 1.07. The number of hydrogen-bond acceptors (Lipinski definition) is 3. The first kappa shape index (κ1) is 18.7. The number of carbonyl (C=O) groups is 1. The molecular formula is C19H30FN3O. The first-order valence-electron chi connectivity index (χ1n) is 9.14. The molecule has 1 aliphatic rings. The predicted octanol–water partition coefficient (Wildman–Crippen LogP) is 2.99. The van der Waals surface area contributed by atoms with E-state index in [1.54, 1.807) is 0 Å². The average molecular weight is 335 g/mol. The molecule has 1 aromatic rings. The first-order valence-corrected chi connectivity index (χ1v) is 9.14. The van der Waals surface area contributed by atoms with Gasteiger partial charge >= 0.3 is 0 Å². The smallest absolute Gasteiger partial charge is 0.223 e. The standard InChI is InChI=1S/C19H30FN3O/c1-3-10-23(11-4-2)19(24)9-12-21-13-15-22(16-14-21)18-7-5-17(20)6-8-18/h5-8H,3-4,9-16H2,1-2H3. The van der Waals surface area contributed by atoms with Crippen molar-refractivity contribution in [2.45, 2.75) is 33.1 Å². The van der Waals surface area contributed by atoms with Gasteiger partial charge in [-0.05, 0) is 37.1 Å². The molecule has 5 heteroatoms. The minimum absolute atomic E-state index is 0.195. The van der Waals surface area contributed by atoms with Crippen molar-refractivity contribution in [2.75, 3.05) is 50.7 Å². The molecule has 0 aliphatic carbocycles. The Kier molecular flexibility index (Phi) is 7.50. The maximum absolute atomic E-state index is 13.0. The molecule has 0 atom stereocenters. The Labute approximate surface area is 145 Å². The summed E-state index contributed by atoms with van der Waals surface area (Å²) in [6.45, 7) is 10.5. The Morgan fingerprint density at radius 3 is 2.17 bits per heavy atom. The molecule has 4 nitrogen and oxygen atoms in total. The zero-order valence-corrected chi connectivity index (χ0v) is 15.0. The van der Waals surface area contributed by atoms with Gasteiger partial charge in [-0.15, -0.1) is 0 Å². The summed E-state index contributed by atoms with van der Waals surface area (Å²) >= 11 is 0. The lowest BCUT2D eigenvalue weighted by Gasteiger charge is -2.36. The van der Waals surface area contributed by atoms with E-state index in [0.717, 1.165) is 64.3 Å². The zero-order chi connectivity index (χ0) is 17.4. The lowest BCUT2D eigenvalue weighted by Crippen LogP contribution is -2.47. The van der Waals surface area contributed by atoms with E-state index in [2.05, 4.69) is 23.6 Å². The van der Waals surface area contributed by atoms with Gasteiger partial charge in [-0.3, -0.25) is 9.69 Å². The highest BCUT2D eigenvalue weighted by Gasteiger charge is 2.19. The quantitative estimate of drug-likeness (QED) is 0.731. The maximum Gasteiger partial charge on any atom is 0.223 e. The van der Waals surface area contributed by atoms with Gasteiger partial charge in [-0.1, -0.05) is 13.8 Å². The van der Waals surface area contributed by atoms with Crippen molar-refractivity contribution < 1.29 is 9.18 Å². The van der Waals surface area contributed by atoms with E-state index in [1.807, 2.05) is 17.0 Å². The average Bonchev–Trinajstić information content (AvgIpc) is 2.61. The highest BCUT2D eigenvalue weighted by molar-refractivity contribution is 5.76. The van der Waals surface area contributed by atoms with Crippen molar-refractivity contribution >= 4 is 11.6 Å². The largest absolute Gasteiger partial charge is 0.369 e. The molecule has 0 aromatic heterocycles. The minimum atomic E-state index is -0.195. The number of carbonyl (C=O) groups excluding carboxylic acids is 1. The third-order valence-electron chi connectivity index (χ3n) is 4.55. The van der Waals surface area contributed by atoms with E-state index in [9.17, 15) is 9.18 Å². The second-order valence-corrected chi connectivity index (χ2v) is 6.44. The van der Waals surface area contributed by atoms with Crippen LogP contribution in [0.1, 0.15) is 33.1 Å². The van der Waals surface area contributed by atoms with Crippen molar-refractivity contribution in [2.24, 2.45) is 0 Å². The zero-order valence-electron chi connectivity index (χ0n) is 15.0. The van der Waals surface area contributed by atoms with Crippen LogP contribution in [0.2, 0.25) is 0 Å². The molecule has 0 radical (unpaired) electrons. The van der Waals surface area contributed by atoms with E-state index >= 15 is 0 Å². The van der Waals surface area contributed by atoms with Gasteiger partial charge in [0.25, 0.3) is 0 Å². The number of rotatable bonds is 8. The number of amides is 1. The summed E-state index contributed by atoms with van der Waals surface area (Å²) < 4.78 is 13.0. The molecule has 0 bridgehead atoms. The molecule has 1 aliphatic heterocycles. The number of halogens is 1. The van der Waals surface area contributed by atoms with Gasteiger partial charge in [-0.2, -0.15) is 0 Å². The second-order valence-electron chi connectivity index (χ2n) is 6.44. The summed E-state index contributed by atoms with van der Waals surface area (Å²) in [6.07, 6.45) is 2.64. The first-order chi connectivity index (χ1) is 11.6. The monoisotopic (exact) mass is 335 g/mol. The van der Waals surface area contributed by atoms with E-state index < -0.39 is 0 Å². The SMILES string of the molecule is CCCN(CCC)C(=O)CCN1CCN(c2ccc(F)cc2)CC1. The molecule has 0 N–H and O–H groups in total. The lowest BCUT2D eigenvalue weighted by atomic mass is 10.2. The molecular weight excluding hydrogens is 305 g/mol. The van der Waals surface area contributed by atoms with Crippen LogP contribution < -0.4 is 4.90 Å². The molecule has 1 amide bonds. The predicted molar refractivity (Wildman–Crippen MR) is 96.8 cm³/mol. The van der Waals surface area contributed by atoms with E-state index in [1.165, 1.54) is 12.1 Å². The number of anilines is 1. The molecule has 1 aromatic carbocycles. The topological polar surface area (TPSA) is 26.8 Å². The third-order valence-corrected chi connectivity index (χ3v) is 4.55. The fourth-order valence-electron chi connectivity index (χ4n) is 3.19. The second kappa shape index (κ2) is 9.62. The van der Waals surface area contributed by atoms with E-state index in [4.69, 9.17) is 0 Å². The number of benzene rings is 1. The Balaban J connectivity index is 1.74. The van der Waals surface area contributed by atoms with Gasteiger partial charge < -0.3 is 9.80 Å². The minimum Gasteiger partial charge on any atom is -0.369 e. The molecule has 0 unspecified atom stereocenters. The van der Waals surface area contributed by atoms with Gasteiger partial charge in [0.2, 0.25) is 5.91 Å². The highest BCUT2D eigenvalue weighted by atomic mass is 19.1. The lowest BCUT2D eigenvalue weighted by molar-refractivity contribution is -0.131. The highest BCUT2D eigenvalue weighted by Crippen LogP contribution is 2.17. The van der Waals surface area contributed by atoms with Crippen LogP contribution in [0.3, 0.4) is 0 Å². The number of nitrogens with zero attached hydrogens (tertiary/aromatic N) is 3. The summed E-state index contributed by atoms with van der Waals surface area (Å²) in [4.78, 5) is 19.0. The third kappa shape index (κ3) is 5.48. The number of hydrogen-bond donors (Lipinski definition) is 0. The van der Waals surface area contributed by atoms with Crippen LogP contribution in [-0.2, 0) is 4.79 Å². The molecule has 1 heterocycles. The molecule has 0 spiro atoms. The van der Waals surface area contributed by atoms with Gasteiger partial charge in [0.05, 0.1) is 0 Å². The molecule has 1 fully saturated rings. The molecule has 0 saturated carbocycles. The van der Waals surface area contributed by atoms with Gasteiger partial charge in [0.1, 0.15) is 5.82 Å². The van der Waals surface area contributed by atoms with Crippen LogP contribution >= 0.6 is 0 Å².